The van der Waals surface area contributed by atoms with Crippen LogP contribution < -0.4 is 21.7 Å². The number of nitrogen functional groups attached to an aromatic ring is 2. The normalized spacial score (nSPS) is 10.5. The van der Waals surface area contributed by atoms with Crippen molar-refractivity contribution in [3.63, 3.8) is 0 Å². The van der Waals surface area contributed by atoms with Crippen molar-refractivity contribution in [1.29, 1.82) is 0 Å². The Labute approximate surface area is 171 Å². The first-order valence-electron chi connectivity index (χ1n) is 9.51. The van der Waals surface area contributed by atoms with E-state index in [1.54, 1.807) is 0 Å². The van der Waals surface area contributed by atoms with Gasteiger partial charge in [0, 0.05) is 41.2 Å². The monoisotopic (exact) mass is 380 g/mol. The van der Waals surface area contributed by atoms with E-state index in [1.165, 1.54) is 11.1 Å². The fourth-order valence-corrected chi connectivity index (χ4v) is 3.20. The first-order valence-corrected chi connectivity index (χ1v) is 9.51. The molecular formula is C25H24N4. The summed E-state index contributed by atoms with van der Waals surface area (Å²) in [6.45, 7) is 0. The quantitative estimate of drug-likeness (QED) is 0.370. The lowest BCUT2D eigenvalue weighted by Crippen LogP contribution is -2.09. The van der Waals surface area contributed by atoms with Crippen molar-refractivity contribution in [1.82, 2.24) is 0 Å². The molecule has 0 radical (unpaired) electrons. The minimum Gasteiger partial charge on any atom is -0.399 e. The number of nitrogens with zero attached hydrogens (tertiary/aromatic N) is 1. The molecule has 4 heteroatoms. The fourth-order valence-electron chi connectivity index (χ4n) is 3.20. The van der Waals surface area contributed by atoms with Crippen molar-refractivity contribution in [2.24, 2.45) is 0 Å². The van der Waals surface area contributed by atoms with Gasteiger partial charge in [-0.2, -0.15) is 0 Å². The summed E-state index contributed by atoms with van der Waals surface area (Å²) in [5, 5.41) is 3.38. The Balaban J connectivity index is 1.47. The molecular weight excluding hydrogens is 356 g/mol. The second kappa shape index (κ2) is 7.98. The van der Waals surface area contributed by atoms with Crippen molar-refractivity contribution >= 4 is 34.1 Å². The van der Waals surface area contributed by atoms with Gasteiger partial charge in [0.2, 0.25) is 0 Å². The Kier molecular flexibility index (Phi) is 5.08. The summed E-state index contributed by atoms with van der Waals surface area (Å²) in [5.74, 6) is 0. The highest BCUT2D eigenvalue weighted by atomic mass is 15.1. The third kappa shape index (κ3) is 4.33. The first-order chi connectivity index (χ1) is 14.1. The van der Waals surface area contributed by atoms with Crippen molar-refractivity contribution in [2.75, 3.05) is 28.7 Å². The van der Waals surface area contributed by atoms with Crippen molar-refractivity contribution in [2.45, 2.75) is 0 Å². The van der Waals surface area contributed by atoms with Crippen LogP contribution in [0.25, 0.3) is 11.1 Å². The molecule has 0 fully saturated rings. The molecule has 5 N–H and O–H groups in total. The lowest BCUT2D eigenvalue weighted by Gasteiger charge is -2.20. The summed E-state index contributed by atoms with van der Waals surface area (Å²) in [5.41, 5.74) is 19.7. The van der Waals surface area contributed by atoms with Crippen LogP contribution in [-0.2, 0) is 0 Å². The van der Waals surface area contributed by atoms with E-state index in [-0.39, 0.29) is 0 Å². The van der Waals surface area contributed by atoms with Gasteiger partial charge in [0.15, 0.2) is 0 Å². The predicted molar refractivity (Wildman–Crippen MR) is 125 cm³/mol. The van der Waals surface area contributed by atoms with Gasteiger partial charge in [0.05, 0.1) is 0 Å². The topological polar surface area (TPSA) is 67.3 Å². The van der Waals surface area contributed by atoms with Crippen LogP contribution in [0, 0.1) is 0 Å². The number of rotatable bonds is 5. The van der Waals surface area contributed by atoms with Crippen molar-refractivity contribution in [3.05, 3.63) is 97.1 Å². The average molecular weight is 380 g/mol. The molecule has 0 aliphatic carbocycles. The largest absolute Gasteiger partial charge is 0.399 e. The number of hydrogen-bond donors (Lipinski definition) is 3. The minimum absolute atomic E-state index is 0.761. The Bertz CT molecular complexity index is 1070. The molecule has 0 aliphatic heterocycles. The molecule has 4 nitrogen and oxygen atoms in total. The van der Waals surface area contributed by atoms with Crippen LogP contribution in [0.3, 0.4) is 0 Å². The van der Waals surface area contributed by atoms with Crippen LogP contribution >= 0.6 is 0 Å². The summed E-state index contributed by atoms with van der Waals surface area (Å²) < 4.78 is 0. The Morgan fingerprint density at radius 2 is 0.862 bits per heavy atom. The third-order valence-corrected chi connectivity index (χ3v) is 4.95. The molecule has 4 aromatic rings. The van der Waals surface area contributed by atoms with Gasteiger partial charge in [-0.05, 0) is 83.9 Å². The van der Waals surface area contributed by atoms with Gasteiger partial charge in [-0.15, -0.1) is 0 Å². The zero-order valence-electron chi connectivity index (χ0n) is 16.3. The van der Waals surface area contributed by atoms with E-state index >= 15 is 0 Å². The maximum absolute atomic E-state index is 5.78. The van der Waals surface area contributed by atoms with Gasteiger partial charge in [-0.1, -0.05) is 24.3 Å². The van der Waals surface area contributed by atoms with Gasteiger partial charge in [-0.3, -0.25) is 0 Å². The third-order valence-electron chi connectivity index (χ3n) is 4.95. The van der Waals surface area contributed by atoms with Crippen LogP contribution in [0.1, 0.15) is 0 Å². The molecule has 0 aromatic heterocycles. The molecule has 0 unspecified atom stereocenters. The number of benzene rings is 4. The van der Waals surface area contributed by atoms with Gasteiger partial charge >= 0.3 is 0 Å². The van der Waals surface area contributed by atoms with E-state index < -0.39 is 0 Å². The molecule has 0 heterocycles. The van der Waals surface area contributed by atoms with E-state index in [2.05, 4.69) is 65.8 Å². The highest BCUT2D eigenvalue weighted by Crippen LogP contribution is 2.28. The predicted octanol–water partition coefficient (Wildman–Crippen LogP) is 6.03. The van der Waals surface area contributed by atoms with Crippen LogP contribution in [0.2, 0.25) is 0 Å². The number of hydrogen-bond acceptors (Lipinski definition) is 4. The molecule has 0 spiro atoms. The van der Waals surface area contributed by atoms with Crippen molar-refractivity contribution < 1.29 is 0 Å². The highest BCUT2D eigenvalue weighted by molar-refractivity contribution is 5.72. The highest BCUT2D eigenvalue weighted by Gasteiger charge is 2.05. The number of nitrogens with two attached hydrogens (primary N) is 2. The zero-order valence-corrected chi connectivity index (χ0v) is 16.3. The molecule has 4 rings (SSSR count). The van der Waals surface area contributed by atoms with Gasteiger partial charge in [0.25, 0.3) is 0 Å². The van der Waals surface area contributed by atoms with Crippen LogP contribution in [-0.4, -0.2) is 7.05 Å². The molecule has 0 bridgehead atoms. The Hall–Kier alpha value is -3.92. The molecule has 0 atom stereocenters. The molecule has 0 saturated carbocycles. The molecule has 29 heavy (non-hydrogen) atoms. The summed E-state index contributed by atoms with van der Waals surface area (Å²) in [4.78, 5) is 2.14. The summed E-state index contributed by atoms with van der Waals surface area (Å²) in [6, 6.07) is 32.6. The van der Waals surface area contributed by atoms with Crippen LogP contribution in [0.4, 0.5) is 34.1 Å². The molecule has 0 amide bonds. The van der Waals surface area contributed by atoms with Crippen LogP contribution in [0.15, 0.2) is 97.1 Å². The number of anilines is 6. The minimum atomic E-state index is 0.761. The molecule has 4 aromatic carbocycles. The average Bonchev–Trinajstić information content (AvgIpc) is 2.76. The summed E-state index contributed by atoms with van der Waals surface area (Å²) in [6.07, 6.45) is 0. The fraction of sp³-hybridized carbons (Fsp3) is 0.0400. The first kappa shape index (κ1) is 18.4. The Morgan fingerprint density at radius 3 is 1.34 bits per heavy atom. The lowest BCUT2D eigenvalue weighted by molar-refractivity contribution is 1.21. The second-order valence-corrected chi connectivity index (χ2v) is 7.02. The van der Waals surface area contributed by atoms with Gasteiger partial charge in [-0.25, -0.2) is 0 Å². The molecule has 0 aliphatic rings. The molecule has 0 saturated heterocycles. The lowest BCUT2D eigenvalue weighted by atomic mass is 10.0. The standard InChI is InChI=1S/C25H24N4/c1-29(25-16-8-21(27)9-17-25)24-14-4-19(5-15-24)18-2-10-22(11-3-18)28-23-12-6-20(26)7-13-23/h2-17,28H,26-27H2,1H3. The van der Waals surface area contributed by atoms with Crippen molar-refractivity contribution in [3.8, 4) is 11.1 Å². The SMILES string of the molecule is CN(c1ccc(N)cc1)c1ccc(-c2ccc(Nc3ccc(N)cc3)cc2)cc1. The number of nitrogens with one attached hydrogen (secondary N) is 1. The van der Waals surface area contributed by atoms with Crippen LogP contribution in [0.5, 0.6) is 0 Å². The smallest absolute Gasteiger partial charge is 0.0409 e. The maximum Gasteiger partial charge on any atom is 0.0409 e. The van der Waals surface area contributed by atoms with E-state index in [4.69, 9.17) is 11.5 Å². The van der Waals surface area contributed by atoms with E-state index in [0.29, 0.717) is 0 Å². The second-order valence-electron chi connectivity index (χ2n) is 7.02. The van der Waals surface area contributed by atoms with E-state index in [9.17, 15) is 0 Å². The molecule has 144 valence electrons. The van der Waals surface area contributed by atoms with Gasteiger partial charge in [0.1, 0.15) is 0 Å². The summed E-state index contributed by atoms with van der Waals surface area (Å²) in [7, 11) is 2.05. The summed E-state index contributed by atoms with van der Waals surface area (Å²) >= 11 is 0. The maximum atomic E-state index is 5.78. The van der Waals surface area contributed by atoms with E-state index in [0.717, 1.165) is 34.1 Å². The Morgan fingerprint density at radius 1 is 0.517 bits per heavy atom. The zero-order chi connectivity index (χ0) is 20.2. The van der Waals surface area contributed by atoms with E-state index in [1.807, 2.05) is 48.5 Å². The van der Waals surface area contributed by atoms with Gasteiger partial charge < -0.3 is 21.7 Å².